The van der Waals surface area contributed by atoms with Gasteiger partial charge in [-0.15, -0.1) is 5.10 Å². The zero-order chi connectivity index (χ0) is 20.7. The molecule has 8 nitrogen and oxygen atoms in total. The molecule has 6 rings (SSSR count). The molecular formula is C21H32N6O2S. The topological polar surface area (TPSA) is 102 Å². The Morgan fingerprint density at radius 3 is 2.33 bits per heavy atom. The van der Waals surface area contributed by atoms with Crippen LogP contribution in [-0.4, -0.2) is 42.9 Å². The second-order valence-electron chi connectivity index (χ2n) is 10.1. The molecule has 0 spiro atoms. The molecule has 0 saturated heterocycles. The Kier molecular flexibility index (Phi) is 5.49. The fraction of sp³-hybridized carbons (Fsp3) is 0.857. The predicted molar refractivity (Wildman–Crippen MR) is 113 cm³/mol. The number of thioether (sulfide) groups is 1. The van der Waals surface area contributed by atoms with Crippen LogP contribution in [0.2, 0.25) is 0 Å². The number of carbonyl (C=O) groups is 2. The maximum atomic E-state index is 12.7. The number of imide groups is 1. The summed E-state index contributed by atoms with van der Waals surface area (Å²) in [4.78, 5) is 25.3. The summed E-state index contributed by atoms with van der Waals surface area (Å²) >= 11 is 1.33. The van der Waals surface area contributed by atoms with E-state index in [1.165, 1.54) is 50.3 Å². The molecule has 3 amide bonds. The first-order chi connectivity index (χ1) is 14.5. The van der Waals surface area contributed by atoms with Crippen molar-refractivity contribution < 1.29 is 9.59 Å². The largest absolute Gasteiger partial charge is 0.332 e. The third-order valence-electron chi connectivity index (χ3n) is 7.69. The first-order valence-electron chi connectivity index (χ1n) is 11.6. The predicted octanol–water partition coefficient (Wildman–Crippen LogP) is 3.45. The van der Waals surface area contributed by atoms with Gasteiger partial charge in [0.1, 0.15) is 0 Å². The summed E-state index contributed by atoms with van der Waals surface area (Å²) < 4.78 is 1.86. The maximum absolute atomic E-state index is 12.7. The van der Waals surface area contributed by atoms with E-state index in [2.05, 4.69) is 26.2 Å². The van der Waals surface area contributed by atoms with Crippen LogP contribution in [0.25, 0.3) is 0 Å². The zero-order valence-electron chi connectivity index (χ0n) is 17.7. The fourth-order valence-electron chi connectivity index (χ4n) is 6.78. The van der Waals surface area contributed by atoms with Gasteiger partial charge in [-0.2, -0.15) is 0 Å². The minimum absolute atomic E-state index is 0.0967. The zero-order valence-corrected chi connectivity index (χ0v) is 18.5. The SMILES string of the molecule is CC(Sc1nnnn1C1CCCCC1)C(=O)NC(=O)NC12CC3CC(CC(C3)C1)C2. The van der Waals surface area contributed by atoms with E-state index < -0.39 is 5.25 Å². The van der Waals surface area contributed by atoms with Crippen LogP contribution in [0.1, 0.15) is 83.6 Å². The molecule has 1 heterocycles. The van der Waals surface area contributed by atoms with Crippen LogP contribution in [0.5, 0.6) is 0 Å². The van der Waals surface area contributed by atoms with Crippen LogP contribution in [0.4, 0.5) is 4.79 Å². The highest BCUT2D eigenvalue weighted by molar-refractivity contribution is 8.00. The molecule has 1 aromatic heterocycles. The van der Waals surface area contributed by atoms with Crippen molar-refractivity contribution in [2.45, 2.75) is 99.5 Å². The molecule has 1 unspecified atom stereocenters. The molecule has 164 valence electrons. The van der Waals surface area contributed by atoms with Crippen molar-refractivity contribution in [1.82, 2.24) is 30.8 Å². The highest BCUT2D eigenvalue weighted by Gasteiger charge is 2.51. The molecule has 0 radical (unpaired) electrons. The number of amides is 3. The molecule has 0 aromatic carbocycles. The van der Waals surface area contributed by atoms with Gasteiger partial charge in [0.2, 0.25) is 11.1 Å². The lowest BCUT2D eigenvalue weighted by atomic mass is 9.53. The van der Waals surface area contributed by atoms with E-state index in [1.807, 2.05) is 4.68 Å². The lowest BCUT2D eigenvalue weighted by molar-refractivity contribution is -0.119. The molecule has 4 bridgehead atoms. The summed E-state index contributed by atoms with van der Waals surface area (Å²) in [6, 6.07) is -0.0350. The van der Waals surface area contributed by atoms with Crippen molar-refractivity contribution in [3.63, 3.8) is 0 Å². The number of nitrogens with zero attached hydrogens (tertiary/aromatic N) is 4. The van der Waals surface area contributed by atoms with Gasteiger partial charge in [0.05, 0.1) is 11.3 Å². The molecule has 9 heteroatoms. The Bertz CT molecular complexity index is 770. The second kappa shape index (κ2) is 8.13. The van der Waals surface area contributed by atoms with Gasteiger partial charge in [0.25, 0.3) is 0 Å². The number of nitrogens with one attached hydrogen (secondary N) is 2. The fourth-order valence-corrected chi connectivity index (χ4v) is 7.64. The van der Waals surface area contributed by atoms with Crippen LogP contribution in [0.15, 0.2) is 5.16 Å². The van der Waals surface area contributed by atoms with E-state index in [-0.39, 0.29) is 17.5 Å². The summed E-state index contributed by atoms with van der Waals surface area (Å²) in [6.07, 6.45) is 13.0. The van der Waals surface area contributed by atoms with Crippen molar-refractivity contribution in [2.24, 2.45) is 17.8 Å². The van der Waals surface area contributed by atoms with Crippen LogP contribution in [0, 0.1) is 17.8 Å². The molecule has 30 heavy (non-hydrogen) atoms. The molecule has 1 atom stereocenters. The second-order valence-corrected chi connectivity index (χ2v) is 11.4. The molecule has 1 aromatic rings. The Hall–Kier alpha value is -1.64. The number of urea groups is 1. The Morgan fingerprint density at radius 2 is 1.70 bits per heavy atom. The highest BCUT2D eigenvalue weighted by atomic mass is 32.2. The van der Waals surface area contributed by atoms with Gasteiger partial charge < -0.3 is 5.32 Å². The van der Waals surface area contributed by atoms with E-state index in [1.54, 1.807) is 6.92 Å². The number of tetrazole rings is 1. The molecule has 5 saturated carbocycles. The number of carbonyl (C=O) groups excluding carboxylic acids is 2. The number of hydrogen-bond acceptors (Lipinski definition) is 6. The maximum Gasteiger partial charge on any atom is 0.321 e. The van der Waals surface area contributed by atoms with Gasteiger partial charge in [0.15, 0.2) is 0 Å². The van der Waals surface area contributed by atoms with Gasteiger partial charge in [-0.05, 0) is 86.5 Å². The monoisotopic (exact) mass is 432 g/mol. The average molecular weight is 433 g/mol. The molecule has 2 N–H and O–H groups in total. The normalized spacial score (nSPS) is 34.0. The van der Waals surface area contributed by atoms with E-state index >= 15 is 0 Å². The van der Waals surface area contributed by atoms with Gasteiger partial charge in [-0.25, -0.2) is 9.48 Å². The van der Waals surface area contributed by atoms with E-state index in [4.69, 9.17) is 0 Å². The summed E-state index contributed by atoms with van der Waals surface area (Å²) in [5.41, 5.74) is -0.0967. The summed E-state index contributed by atoms with van der Waals surface area (Å²) in [6.45, 7) is 1.80. The third-order valence-corrected chi connectivity index (χ3v) is 8.74. The number of rotatable bonds is 5. The summed E-state index contributed by atoms with van der Waals surface area (Å²) in [5.74, 6) is 1.96. The minimum atomic E-state index is -0.444. The molecule has 0 aliphatic heterocycles. The number of hydrogen-bond donors (Lipinski definition) is 2. The van der Waals surface area contributed by atoms with Crippen LogP contribution >= 0.6 is 11.8 Å². The molecule has 5 aliphatic carbocycles. The summed E-state index contributed by atoms with van der Waals surface area (Å²) in [5, 5.41) is 18.1. The van der Waals surface area contributed by atoms with Crippen LogP contribution in [-0.2, 0) is 4.79 Å². The van der Waals surface area contributed by atoms with Crippen molar-refractivity contribution in [3.05, 3.63) is 0 Å². The van der Waals surface area contributed by atoms with Gasteiger partial charge in [0, 0.05) is 5.54 Å². The van der Waals surface area contributed by atoms with Crippen molar-refractivity contribution in [1.29, 1.82) is 0 Å². The van der Waals surface area contributed by atoms with Gasteiger partial charge in [-0.3, -0.25) is 10.1 Å². The number of aromatic nitrogens is 4. The Morgan fingerprint density at radius 1 is 1.07 bits per heavy atom. The first kappa shape index (κ1) is 20.3. The van der Waals surface area contributed by atoms with Crippen LogP contribution < -0.4 is 10.6 Å². The van der Waals surface area contributed by atoms with E-state index in [0.717, 1.165) is 49.9 Å². The van der Waals surface area contributed by atoms with E-state index in [0.29, 0.717) is 11.2 Å². The van der Waals surface area contributed by atoms with Gasteiger partial charge >= 0.3 is 6.03 Å². The molecule has 5 fully saturated rings. The Balaban J connectivity index is 1.16. The lowest BCUT2D eigenvalue weighted by Crippen LogP contribution is -2.62. The van der Waals surface area contributed by atoms with Crippen molar-refractivity contribution in [2.75, 3.05) is 0 Å². The van der Waals surface area contributed by atoms with Crippen LogP contribution in [0.3, 0.4) is 0 Å². The Labute approximate surface area is 181 Å². The average Bonchev–Trinajstić information content (AvgIpc) is 3.15. The third kappa shape index (κ3) is 4.09. The van der Waals surface area contributed by atoms with E-state index in [9.17, 15) is 9.59 Å². The van der Waals surface area contributed by atoms with Gasteiger partial charge in [-0.1, -0.05) is 31.0 Å². The van der Waals surface area contributed by atoms with Crippen molar-refractivity contribution in [3.8, 4) is 0 Å². The first-order valence-corrected chi connectivity index (χ1v) is 12.5. The molecular weight excluding hydrogens is 400 g/mol. The lowest BCUT2D eigenvalue weighted by Gasteiger charge is -2.56. The standard InChI is InChI=1S/C21H32N6O2S/c1-13(30-20-24-25-26-27(20)17-5-3-2-4-6-17)18(28)22-19(29)23-21-10-14-7-15(11-21)9-16(8-14)12-21/h13-17H,2-12H2,1H3,(H2,22,23,28,29). The molecule has 5 aliphatic rings. The minimum Gasteiger partial charge on any atom is -0.332 e. The summed E-state index contributed by atoms with van der Waals surface area (Å²) in [7, 11) is 0. The quantitative estimate of drug-likeness (QED) is 0.691. The smallest absolute Gasteiger partial charge is 0.321 e. The van der Waals surface area contributed by atoms with Crippen molar-refractivity contribution >= 4 is 23.7 Å². The highest BCUT2D eigenvalue weighted by Crippen LogP contribution is 2.55.